The number of hydrogen-bond donors (Lipinski definition) is 3. The van der Waals surface area contributed by atoms with Gasteiger partial charge < -0.3 is 15.5 Å². The number of halogens is 1. The molecular formula is C17H12BrN3O4. The van der Waals surface area contributed by atoms with E-state index in [4.69, 9.17) is 0 Å². The molecule has 126 valence electrons. The first-order valence-electron chi connectivity index (χ1n) is 7.14. The van der Waals surface area contributed by atoms with Crippen LogP contribution >= 0.6 is 15.9 Å². The maximum absolute atomic E-state index is 12.4. The Bertz CT molecular complexity index is 1000. The maximum atomic E-state index is 12.4. The van der Waals surface area contributed by atoms with Crippen LogP contribution in [0, 0.1) is 0 Å². The smallest absolute Gasteiger partial charge is 0.280 e. The van der Waals surface area contributed by atoms with Gasteiger partial charge in [-0.2, -0.15) is 9.78 Å². The van der Waals surface area contributed by atoms with Crippen LogP contribution in [0.2, 0.25) is 0 Å². The number of nitrogens with zero attached hydrogens (tertiary/aromatic N) is 2. The van der Waals surface area contributed by atoms with Crippen molar-refractivity contribution in [1.29, 1.82) is 0 Å². The van der Waals surface area contributed by atoms with Crippen LogP contribution in [0.3, 0.4) is 0 Å². The normalized spacial score (nSPS) is 10.4. The van der Waals surface area contributed by atoms with E-state index in [0.29, 0.717) is 5.69 Å². The quantitative estimate of drug-likeness (QED) is 0.585. The summed E-state index contributed by atoms with van der Waals surface area (Å²) in [5.74, 6) is -1.44. The highest BCUT2D eigenvalue weighted by Gasteiger charge is 2.18. The molecule has 1 amide bonds. The summed E-state index contributed by atoms with van der Waals surface area (Å²) in [6, 6.07) is 13.8. The van der Waals surface area contributed by atoms with Gasteiger partial charge in [0, 0.05) is 10.5 Å². The van der Waals surface area contributed by atoms with Gasteiger partial charge in [0.05, 0.1) is 11.4 Å². The highest BCUT2D eigenvalue weighted by atomic mass is 79.9. The number of carbonyl (C=O) groups excluding carboxylic acids is 1. The zero-order chi connectivity index (χ0) is 18.0. The van der Waals surface area contributed by atoms with Crippen molar-refractivity contribution >= 4 is 27.5 Å². The number of aromatic nitrogens is 2. The average Bonchev–Trinajstić information content (AvgIpc) is 2.58. The molecule has 7 nitrogen and oxygen atoms in total. The second kappa shape index (κ2) is 6.78. The first-order chi connectivity index (χ1) is 12.0. The average molecular weight is 402 g/mol. The Labute approximate surface area is 150 Å². The Kier molecular flexibility index (Phi) is 4.53. The number of aromatic hydroxyl groups is 2. The van der Waals surface area contributed by atoms with Crippen molar-refractivity contribution in [3.63, 3.8) is 0 Å². The van der Waals surface area contributed by atoms with Crippen molar-refractivity contribution in [1.82, 2.24) is 9.78 Å². The molecule has 0 atom stereocenters. The molecule has 3 aromatic rings. The van der Waals surface area contributed by atoms with E-state index in [-0.39, 0.29) is 17.1 Å². The van der Waals surface area contributed by atoms with Gasteiger partial charge in [0.1, 0.15) is 5.75 Å². The van der Waals surface area contributed by atoms with Crippen LogP contribution in [-0.2, 0) is 0 Å². The zero-order valence-corrected chi connectivity index (χ0v) is 14.3. The predicted molar refractivity (Wildman–Crippen MR) is 95.3 cm³/mol. The lowest BCUT2D eigenvalue weighted by molar-refractivity contribution is 0.101. The van der Waals surface area contributed by atoms with Gasteiger partial charge in [0.25, 0.3) is 11.5 Å². The molecule has 0 radical (unpaired) electrons. The van der Waals surface area contributed by atoms with Gasteiger partial charge in [0.2, 0.25) is 0 Å². The minimum absolute atomic E-state index is 0.128. The number of rotatable bonds is 3. The number of amides is 1. The minimum Gasteiger partial charge on any atom is -0.506 e. The number of carbonyl (C=O) groups is 1. The van der Waals surface area contributed by atoms with Gasteiger partial charge in [-0.25, -0.2) is 0 Å². The number of anilines is 1. The summed E-state index contributed by atoms with van der Waals surface area (Å²) < 4.78 is 1.83. The van der Waals surface area contributed by atoms with Crippen LogP contribution in [0.25, 0.3) is 5.69 Å². The van der Waals surface area contributed by atoms with E-state index in [1.807, 2.05) is 0 Å². The number of benzene rings is 2. The van der Waals surface area contributed by atoms with Crippen LogP contribution in [0.1, 0.15) is 10.5 Å². The largest absolute Gasteiger partial charge is 0.506 e. The molecule has 0 aliphatic rings. The third-order valence-corrected chi connectivity index (χ3v) is 3.88. The molecule has 1 aromatic heterocycles. The summed E-state index contributed by atoms with van der Waals surface area (Å²) >= 11 is 3.29. The van der Waals surface area contributed by atoms with Crippen LogP contribution in [0.5, 0.6) is 11.5 Å². The van der Waals surface area contributed by atoms with Crippen LogP contribution in [0.15, 0.2) is 63.9 Å². The summed E-state index contributed by atoms with van der Waals surface area (Å²) in [4.78, 5) is 24.4. The number of para-hydroxylation sites is 2. The first kappa shape index (κ1) is 16.7. The van der Waals surface area contributed by atoms with Crippen molar-refractivity contribution in [3.05, 3.63) is 75.1 Å². The Morgan fingerprint density at radius 2 is 1.72 bits per heavy atom. The van der Waals surface area contributed by atoms with Gasteiger partial charge in [-0.05, 0) is 36.4 Å². The second-order valence-corrected chi connectivity index (χ2v) is 5.99. The van der Waals surface area contributed by atoms with E-state index in [0.717, 1.165) is 15.2 Å². The minimum atomic E-state index is -0.759. The number of nitrogens with one attached hydrogen (secondary N) is 1. The van der Waals surface area contributed by atoms with Gasteiger partial charge in [-0.3, -0.25) is 9.59 Å². The van der Waals surface area contributed by atoms with E-state index in [1.165, 1.54) is 12.1 Å². The Balaban J connectivity index is 2.00. The lowest BCUT2D eigenvalue weighted by Crippen LogP contribution is -2.25. The number of hydrogen-bond acceptors (Lipinski definition) is 5. The third-order valence-electron chi connectivity index (χ3n) is 3.35. The molecular weight excluding hydrogens is 390 g/mol. The standard InChI is InChI=1S/C17H12BrN3O4/c18-10-5-7-11(8-6-10)21-15(24)9-14(23)16(20-21)17(25)19-12-3-1-2-4-13(12)22/h1-9,22-23H,(H,19,25). The summed E-state index contributed by atoms with van der Waals surface area (Å²) in [5.41, 5.74) is -0.329. The van der Waals surface area contributed by atoms with E-state index in [1.54, 1.807) is 36.4 Å². The molecule has 3 N–H and O–H groups in total. The van der Waals surface area contributed by atoms with Crippen molar-refractivity contribution in [3.8, 4) is 17.2 Å². The molecule has 2 aromatic carbocycles. The topological polar surface area (TPSA) is 104 Å². The maximum Gasteiger partial charge on any atom is 0.280 e. The molecule has 0 aliphatic heterocycles. The van der Waals surface area contributed by atoms with Crippen LogP contribution in [0.4, 0.5) is 5.69 Å². The van der Waals surface area contributed by atoms with E-state index < -0.39 is 17.2 Å². The molecule has 8 heteroatoms. The highest BCUT2D eigenvalue weighted by molar-refractivity contribution is 9.10. The fraction of sp³-hybridized carbons (Fsp3) is 0. The summed E-state index contributed by atoms with van der Waals surface area (Å²) in [6.07, 6.45) is 0. The SMILES string of the molecule is O=C(Nc1ccccc1O)c1nn(-c2ccc(Br)cc2)c(=O)cc1O. The molecule has 0 unspecified atom stereocenters. The van der Waals surface area contributed by atoms with Crippen molar-refractivity contribution in [2.24, 2.45) is 0 Å². The molecule has 3 rings (SSSR count). The Morgan fingerprint density at radius 1 is 1.04 bits per heavy atom. The molecule has 1 heterocycles. The van der Waals surface area contributed by atoms with Gasteiger partial charge in [0.15, 0.2) is 11.4 Å². The summed E-state index contributed by atoms with van der Waals surface area (Å²) in [6.45, 7) is 0. The fourth-order valence-corrected chi connectivity index (χ4v) is 2.40. The monoisotopic (exact) mass is 401 g/mol. The van der Waals surface area contributed by atoms with E-state index >= 15 is 0 Å². The lowest BCUT2D eigenvalue weighted by atomic mass is 10.2. The van der Waals surface area contributed by atoms with Crippen LogP contribution < -0.4 is 10.9 Å². The molecule has 0 saturated heterocycles. The zero-order valence-electron chi connectivity index (χ0n) is 12.7. The lowest BCUT2D eigenvalue weighted by Gasteiger charge is -2.10. The Hall–Kier alpha value is -3.13. The molecule has 0 bridgehead atoms. The first-order valence-corrected chi connectivity index (χ1v) is 7.93. The highest BCUT2D eigenvalue weighted by Crippen LogP contribution is 2.23. The molecule has 0 saturated carbocycles. The second-order valence-electron chi connectivity index (χ2n) is 5.08. The van der Waals surface area contributed by atoms with Crippen molar-refractivity contribution in [2.45, 2.75) is 0 Å². The summed E-state index contributed by atoms with van der Waals surface area (Å²) in [7, 11) is 0. The van der Waals surface area contributed by atoms with Gasteiger partial charge >= 0.3 is 0 Å². The number of phenolic OH excluding ortho intramolecular Hbond substituents is 1. The van der Waals surface area contributed by atoms with Gasteiger partial charge in [-0.15, -0.1) is 0 Å². The van der Waals surface area contributed by atoms with Crippen molar-refractivity contribution in [2.75, 3.05) is 5.32 Å². The van der Waals surface area contributed by atoms with E-state index in [9.17, 15) is 19.8 Å². The molecule has 0 spiro atoms. The third kappa shape index (κ3) is 3.53. The molecule has 25 heavy (non-hydrogen) atoms. The van der Waals surface area contributed by atoms with Crippen LogP contribution in [-0.4, -0.2) is 25.9 Å². The summed E-state index contributed by atoms with van der Waals surface area (Å²) in [5, 5.41) is 26.0. The van der Waals surface area contributed by atoms with E-state index in [2.05, 4.69) is 26.3 Å². The van der Waals surface area contributed by atoms with Crippen molar-refractivity contribution < 1.29 is 15.0 Å². The number of phenols is 1. The predicted octanol–water partition coefficient (Wildman–Crippen LogP) is 2.66. The molecule has 0 aliphatic carbocycles. The molecule has 0 fully saturated rings. The Morgan fingerprint density at radius 3 is 2.40 bits per heavy atom. The van der Waals surface area contributed by atoms with Gasteiger partial charge in [-0.1, -0.05) is 28.1 Å². The fourth-order valence-electron chi connectivity index (χ4n) is 2.14.